The van der Waals surface area contributed by atoms with Crippen LogP contribution >= 0.6 is 7.92 Å². The highest BCUT2D eigenvalue weighted by molar-refractivity contribution is 7.79. The van der Waals surface area contributed by atoms with Gasteiger partial charge in [-0.2, -0.15) is 0 Å². The van der Waals surface area contributed by atoms with Gasteiger partial charge in [-0.3, -0.25) is 0 Å². The van der Waals surface area contributed by atoms with Crippen molar-refractivity contribution in [2.45, 2.75) is 26.2 Å². The Hall–Kier alpha value is -1.91. The normalized spacial score (nSPS) is 11.7. The molecule has 0 aliphatic rings. The van der Waals surface area contributed by atoms with Crippen molar-refractivity contribution in [2.75, 3.05) is 0 Å². The van der Waals surface area contributed by atoms with E-state index in [2.05, 4.69) is 106 Å². The van der Waals surface area contributed by atoms with Crippen LogP contribution in [-0.4, -0.2) is 0 Å². The van der Waals surface area contributed by atoms with E-state index in [9.17, 15) is 0 Å². The second-order valence-electron chi connectivity index (χ2n) is 6.80. The molecule has 0 aliphatic heterocycles. The van der Waals surface area contributed by atoms with Crippen molar-refractivity contribution in [3.8, 4) is 0 Å². The first-order chi connectivity index (χ1) is 11.1. The van der Waals surface area contributed by atoms with E-state index >= 15 is 0 Å². The first-order valence-corrected chi connectivity index (χ1v) is 9.41. The Labute approximate surface area is 141 Å². The quantitative estimate of drug-likeness (QED) is 0.612. The van der Waals surface area contributed by atoms with Crippen LogP contribution in [0.3, 0.4) is 0 Å². The minimum absolute atomic E-state index is 0.195. The molecule has 0 nitrogen and oxygen atoms in total. The van der Waals surface area contributed by atoms with Gasteiger partial charge < -0.3 is 0 Å². The van der Waals surface area contributed by atoms with Crippen molar-refractivity contribution in [3.63, 3.8) is 0 Å². The second kappa shape index (κ2) is 6.69. The van der Waals surface area contributed by atoms with Crippen LogP contribution in [-0.2, 0) is 5.41 Å². The van der Waals surface area contributed by atoms with E-state index in [1.54, 1.807) is 0 Å². The predicted octanol–water partition coefficient (Wildman–Crippen LogP) is 4.74. The van der Waals surface area contributed by atoms with Crippen molar-refractivity contribution in [1.29, 1.82) is 0 Å². The third-order valence-corrected chi connectivity index (χ3v) is 6.46. The molecule has 0 unspecified atom stereocenters. The maximum atomic E-state index is 2.31. The number of rotatable bonds is 3. The summed E-state index contributed by atoms with van der Waals surface area (Å²) in [5.41, 5.74) is 1.58. The van der Waals surface area contributed by atoms with E-state index in [4.69, 9.17) is 0 Å². The first kappa shape index (κ1) is 16.0. The van der Waals surface area contributed by atoms with Gasteiger partial charge in [-0.1, -0.05) is 106 Å². The van der Waals surface area contributed by atoms with Gasteiger partial charge >= 0.3 is 0 Å². The molecule has 0 radical (unpaired) electrons. The van der Waals surface area contributed by atoms with Gasteiger partial charge in [-0.25, -0.2) is 0 Å². The molecule has 23 heavy (non-hydrogen) atoms. The standard InChI is InChI=1S/C22H23P/c1-22(2,3)18-14-16-21(17-15-18)23(19-10-6-4-7-11-19)20-12-8-5-9-13-20/h4-17H,1-3H3. The Morgan fingerprint density at radius 3 is 1.30 bits per heavy atom. The van der Waals surface area contributed by atoms with Crippen molar-refractivity contribution < 1.29 is 0 Å². The summed E-state index contributed by atoms with van der Waals surface area (Å²) >= 11 is 0. The van der Waals surface area contributed by atoms with Gasteiger partial charge in [0.1, 0.15) is 0 Å². The lowest BCUT2D eigenvalue weighted by Crippen LogP contribution is -2.21. The summed E-state index contributed by atoms with van der Waals surface area (Å²) in [6, 6.07) is 30.9. The van der Waals surface area contributed by atoms with Gasteiger partial charge in [0.25, 0.3) is 0 Å². The molecular weight excluding hydrogens is 295 g/mol. The van der Waals surface area contributed by atoms with Gasteiger partial charge in [-0.05, 0) is 34.8 Å². The van der Waals surface area contributed by atoms with Crippen LogP contribution < -0.4 is 15.9 Å². The van der Waals surface area contributed by atoms with Crippen LogP contribution in [0.5, 0.6) is 0 Å². The van der Waals surface area contributed by atoms with Gasteiger partial charge in [0.2, 0.25) is 0 Å². The van der Waals surface area contributed by atoms with E-state index in [0.717, 1.165) is 0 Å². The molecule has 0 aromatic heterocycles. The Balaban J connectivity index is 2.06. The van der Waals surface area contributed by atoms with Gasteiger partial charge in [-0.15, -0.1) is 0 Å². The number of benzene rings is 3. The molecule has 0 saturated carbocycles. The summed E-state index contributed by atoms with van der Waals surface area (Å²) in [6.45, 7) is 6.79. The average molecular weight is 318 g/mol. The van der Waals surface area contributed by atoms with Crippen molar-refractivity contribution in [1.82, 2.24) is 0 Å². The summed E-state index contributed by atoms with van der Waals surface area (Å²) in [7, 11) is -0.494. The Bertz CT molecular complexity index is 698. The first-order valence-electron chi connectivity index (χ1n) is 8.06. The van der Waals surface area contributed by atoms with Crippen molar-refractivity contribution >= 4 is 23.8 Å². The summed E-state index contributed by atoms with van der Waals surface area (Å²) in [5.74, 6) is 0. The van der Waals surface area contributed by atoms with Gasteiger partial charge in [0.05, 0.1) is 0 Å². The zero-order valence-electron chi connectivity index (χ0n) is 14.0. The fraction of sp³-hybridized carbons (Fsp3) is 0.182. The molecule has 116 valence electrons. The molecule has 0 bridgehead atoms. The summed E-state index contributed by atoms with van der Waals surface area (Å²) in [5, 5.41) is 4.21. The molecular formula is C22H23P. The smallest absolute Gasteiger partial charge is 0.0132 e. The van der Waals surface area contributed by atoms with Crippen LogP contribution in [0.1, 0.15) is 26.3 Å². The second-order valence-corrected chi connectivity index (χ2v) is 9.02. The molecule has 0 fully saturated rings. The molecule has 0 heterocycles. The molecule has 3 rings (SSSR count). The lowest BCUT2D eigenvalue weighted by Gasteiger charge is -2.22. The maximum absolute atomic E-state index is 2.31. The van der Waals surface area contributed by atoms with E-state index < -0.39 is 7.92 Å². The van der Waals surface area contributed by atoms with Crippen LogP contribution in [0, 0.1) is 0 Å². The Kier molecular flexibility index (Phi) is 4.64. The lowest BCUT2D eigenvalue weighted by molar-refractivity contribution is 0.590. The fourth-order valence-corrected chi connectivity index (χ4v) is 4.99. The third-order valence-electron chi connectivity index (χ3n) is 4.02. The van der Waals surface area contributed by atoms with Crippen LogP contribution in [0.15, 0.2) is 84.9 Å². The molecule has 0 saturated heterocycles. The topological polar surface area (TPSA) is 0 Å². The molecule has 0 spiro atoms. The van der Waals surface area contributed by atoms with Gasteiger partial charge in [0.15, 0.2) is 0 Å². The summed E-state index contributed by atoms with van der Waals surface area (Å²) in [6.07, 6.45) is 0. The van der Waals surface area contributed by atoms with E-state index in [1.807, 2.05) is 0 Å². The third kappa shape index (κ3) is 3.71. The van der Waals surface area contributed by atoms with Crippen LogP contribution in [0.2, 0.25) is 0 Å². The SMILES string of the molecule is CC(C)(C)c1ccc(P(c2ccccc2)c2ccccc2)cc1. The van der Waals surface area contributed by atoms with E-state index in [1.165, 1.54) is 21.5 Å². The van der Waals surface area contributed by atoms with Crippen molar-refractivity contribution in [3.05, 3.63) is 90.5 Å². The summed E-state index contributed by atoms with van der Waals surface area (Å²) in [4.78, 5) is 0. The number of hydrogen-bond acceptors (Lipinski definition) is 0. The van der Waals surface area contributed by atoms with E-state index in [0.29, 0.717) is 0 Å². The fourth-order valence-electron chi connectivity index (χ4n) is 2.71. The minimum atomic E-state index is -0.494. The molecule has 1 heteroatoms. The van der Waals surface area contributed by atoms with Crippen molar-refractivity contribution in [2.24, 2.45) is 0 Å². The highest BCUT2D eigenvalue weighted by Crippen LogP contribution is 2.33. The number of hydrogen-bond donors (Lipinski definition) is 0. The Morgan fingerprint density at radius 2 is 0.913 bits per heavy atom. The molecule has 3 aromatic rings. The van der Waals surface area contributed by atoms with E-state index in [-0.39, 0.29) is 5.41 Å². The highest BCUT2D eigenvalue weighted by Gasteiger charge is 2.18. The molecule has 0 amide bonds. The zero-order chi connectivity index (χ0) is 16.3. The molecule has 0 atom stereocenters. The highest BCUT2D eigenvalue weighted by atomic mass is 31.1. The summed E-state index contributed by atoms with van der Waals surface area (Å²) < 4.78 is 0. The minimum Gasteiger partial charge on any atom is -0.0622 e. The molecule has 0 N–H and O–H groups in total. The largest absolute Gasteiger partial charge is 0.0622 e. The Morgan fingerprint density at radius 1 is 0.522 bits per heavy atom. The molecule has 0 aliphatic carbocycles. The van der Waals surface area contributed by atoms with Crippen LogP contribution in [0.25, 0.3) is 0 Å². The zero-order valence-corrected chi connectivity index (χ0v) is 14.9. The average Bonchev–Trinajstić information content (AvgIpc) is 2.57. The monoisotopic (exact) mass is 318 g/mol. The lowest BCUT2D eigenvalue weighted by atomic mass is 9.87. The van der Waals surface area contributed by atoms with Gasteiger partial charge in [0, 0.05) is 0 Å². The van der Waals surface area contributed by atoms with Crippen LogP contribution in [0.4, 0.5) is 0 Å². The predicted molar refractivity (Wildman–Crippen MR) is 104 cm³/mol. The maximum Gasteiger partial charge on any atom is -0.0132 e. The molecule has 3 aromatic carbocycles.